The number of amides is 1. The molecule has 0 bridgehead atoms. The lowest BCUT2D eigenvalue weighted by Gasteiger charge is -2.21. The summed E-state index contributed by atoms with van der Waals surface area (Å²) >= 11 is 6.05. The summed E-state index contributed by atoms with van der Waals surface area (Å²) in [6, 6.07) is 9.65. The van der Waals surface area contributed by atoms with Gasteiger partial charge in [0.15, 0.2) is 0 Å². The predicted octanol–water partition coefficient (Wildman–Crippen LogP) is 4.73. The average molecular weight is 477 g/mol. The van der Waals surface area contributed by atoms with Gasteiger partial charge in [-0.3, -0.25) is 4.79 Å². The Labute approximate surface area is 195 Å². The Kier molecular flexibility index (Phi) is 7.77. The molecular weight excluding hydrogens is 448 g/mol. The lowest BCUT2D eigenvalue weighted by molar-refractivity contribution is -0.118. The van der Waals surface area contributed by atoms with E-state index in [1.165, 1.54) is 32.0 Å². The van der Waals surface area contributed by atoms with Crippen LogP contribution in [0.25, 0.3) is 0 Å². The largest absolute Gasteiger partial charge is 0.386 e. The van der Waals surface area contributed by atoms with Gasteiger partial charge < -0.3 is 5.11 Å². The van der Waals surface area contributed by atoms with Crippen LogP contribution in [-0.4, -0.2) is 19.4 Å². The summed E-state index contributed by atoms with van der Waals surface area (Å²) in [4.78, 5) is 12.6. The number of carbonyl (C=O) groups excluding carboxylic acids is 1. The topological polar surface area (TPSA) is 107 Å². The highest BCUT2D eigenvalue weighted by molar-refractivity contribution is 7.90. The van der Waals surface area contributed by atoms with Gasteiger partial charge in [-0.25, -0.2) is 13.1 Å². The third-order valence-electron chi connectivity index (χ3n) is 5.17. The van der Waals surface area contributed by atoms with Crippen LogP contribution in [0.5, 0.6) is 0 Å². The monoisotopic (exact) mass is 476 g/mol. The first-order valence-electron chi connectivity index (χ1n) is 10.3. The van der Waals surface area contributed by atoms with E-state index in [2.05, 4.69) is 10.8 Å². The molecule has 2 aromatic rings. The highest BCUT2D eigenvalue weighted by Crippen LogP contribution is 2.30. The maximum Gasteiger partial charge on any atom is 0.264 e. The Bertz CT molecular complexity index is 1140. The van der Waals surface area contributed by atoms with E-state index in [-0.39, 0.29) is 28.2 Å². The molecule has 32 heavy (non-hydrogen) atoms. The molecule has 0 spiro atoms. The highest BCUT2D eigenvalue weighted by Gasteiger charge is 2.25. The molecule has 0 radical (unpaired) electrons. The molecule has 0 heterocycles. The van der Waals surface area contributed by atoms with Crippen molar-refractivity contribution >= 4 is 27.5 Å². The summed E-state index contributed by atoms with van der Waals surface area (Å²) in [5.74, 6) is -0.603. The van der Waals surface area contributed by atoms with E-state index < -0.39 is 21.5 Å². The van der Waals surface area contributed by atoms with Gasteiger partial charge in [0.25, 0.3) is 10.0 Å². The normalized spacial score (nSPS) is 12.2. The summed E-state index contributed by atoms with van der Waals surface area (Å²) in [6.45, 7) is 10.9. The van der Waals surface area contributed by atoms with Crippen LogP contribution in [0.4, 0.5) is 0 Å². The van der Waals surface area contributed by atoms with Gasteiger partial charge in [0.1, 0.15) is 0 Å². The van der Waals surface area contributed by atoms with Gasteiger partial charge in [0, 0.05) is 5.02 Å². The van der Waals surface area contributed by atoms with Crippen molar-refractivity contribution in [1.82, 2.24) is 4.72 Å². The van der Waals surface area contributed by atoms with E-state index in [1.807, 2.05) is 27.7 Å². The van der Waals surface area contributed by atoms with Crippen molar-refractivity contribution in [2.24, 2.45) is 0 Å². The first-order chi connectivity index (χ1) is 14.7. The molecule has 2 aromatic carbocycles. The standard InChI is InChI=1S/C24H29ClN2O4S/c1-14(2)20-7-16(13-26)8-21(15(3)4)22(20)12-23(28)27-32(30,31)19-10-17(24(5,6)29)9-18(25)11-19/h7-11,14-15,29H,12H2,1-6H3,(H,27,28). The molecule has 0 aliphatic rings. The SMILES string of the molecule is CC(C)c1cc(C#N)cc(C(C)C)c1CC(=O)NS(=O)(=O)c1cc(Cl)cc(C(C)(C)O)c1. The molecule has 0 unspecified atom stereocenters. The Morgan fingerprint density at radius 1 is 1.09 bits per heavy atom. The minimum atomic E-state index is -4.21. The number of rotatable bonds is 7. The molecule has 2 N–H and O–H groups in total. The number of carbonyl (C=O) groups is 1. The molecule has 0 saturated carbocycles. The van der Waals surface area contributed by atoms with Gasteiger partial charge in [-0.1, -0.05) is 39.3 Å². The third kappa shape index (κ3) is 6.10. The molecule has 6 nitrogen and oxygen atoms in total. The minimum absolute atomic E-state index is 0.0440. The summed E-state index contributed by atoms with van der Waals surface area (Å²) in [5.41, 5.74) is 1.92. The van der Waals surface area contributed by atoms with Gasteiger partial charge in [0.05, 0.1) is 28.6 Å². The second kappa shape index (κ2) is 9.62. The van der Waals surface area contributed by atoms with Crippen LogP contribution in [0.15, 0.2) is 35.2 Å². The van der Waals surface area contributed by atoms with Crippen molar-refractivity contribution < 1.29 is 18.3 Å². The number of hydrogen-bond acceptors (Lipinski definition) is 5. The number of nitrogens with one attached hydrogen (secondary N) is 1. The third-order valence-corrected chi connectivity index (χ3v) is 6.74. The zero-order chi connectivity index (χ0) is 24.4. The molecule has 1 amide bonds. The van der Waals surface area contributed by atoms with Crippen LogP contribution in [0.2, 0.25) is 5.02 Å². The zero-order valence-corrected chi connectivity index (χ0v) is 20.7. The number of halogens is 1. The summed E-state index contributed by atoms with van der Waals surface area (Å²) in [5, 5.41) is 19.7. The van der Waals surface area contributed by atoms with Crippen LogP contribution in [-0.2, 0) is 26.8 Å². The first-order valence-corrected chi connectivity index (χ1v) is 12.2. The van der Waals surface area contributed by atoms with E-state index in [9.17, 15) is 23.6 Å². The molecule has 0 saturated heterocycles. The lowest BCUT2D eigenvalue weighted by Crippen LogP contribution is -2.32. The molecule has 2 rings (SSSR count). The Morgan fingerprint density at radius 3 is 2.06 bits per heavy atom. The Balaban J connectivity index is 2.43. The number of aliphatic hydroxyl groups is 1. The van der Waals surface area contributed by atoms with Gasteiger partial charge in [0.2, 0.25) is 5.91 Å². The summed E-state index contributed by atoms with van der Waals surface area (Å²) < 4.78 is 27.9. The van der Waals surface area contributed by atoms with Crippen molar-refractivity contribution in [2.75, 3.05) is 0 Å². The molecule has 0 fully saturated rings. The Hall–Kier alpha value is -2.40. The average Bonchev–Trinajstić information content (AvgIpc) is 2.65. The van der Waals surface area contributed by atoms with Crippen LogP contribution < -0.4 is 4.72 Å². The minimum Gasteiger partial charge on any atom is -0.386 e. The van der Waals surface area contributed by atoms with Crippen LogP contribution >= 0.6 is 11.6 Å². The lowest BCUT2D eigenvalue weighted by atomic mass is 9.85. The first kappa shape index (κ1) is 25.9. The van der Waals surface area contributed by atoms with Crippen molar-refractivity contribution in [1.29, 1.82) is 5.26 Å². The maximum atomic E-state index is 12.9. The van der Waals surface area contributed by atoms with E-state index in [0.717, 1.165) is 16.7 Å². The van der Waals surface area contributed by atoms with E-state index in [1.54, 1.807) is 12.1 Å². The maximum absolute atomic E-state index is 12.9. The van der Waals surface area contributed by atoms with Crippen LogP contribution in [0.3, 0.4) is 0 Å². The highest BCUT2D eigenvalue weighted by atomic mass is 35.5. The molecule has 0 aliphatic carbocycles. The fourth-order valence-corrected chi connectivity index (χ4v) is 4.85. The van der Waals surface area contributed by atoms with Crippen LogP contribution in [0, 0.1) is 11.3 Å². The van der Waals surface area contributed by atoms with Gasteiger partial charge in [-0.2, -0.15) is 5.26 Å². The van der Waals surface area contributed by atoms with Gasteiger partial charge in [-0.15, -0.1) is 0 Å². The van der Waals surface area contributed by atoms with Crippen molar-refractivity contribution in [2.45, 2.75) is 70.3 Å². The number of benzene rings is 2. The quantitative estimate of drug-likeness (QED) is 0.600. The van der Waals surface area contributed by atoms with E-state index in [0.29, 0.717) is 11.1 Å². The molecule has 8 heteroatoms. The van der Waals surface area contributed by atoms with E-state index >= 15 is 0 Å². The molecule has 0 atom stereocenters. The van der Waals surface area contributed by atoms with Crippen LogP contribution in [0.1, 0.15) is 81.2 Å². The fraction of sp³-hybridized carbons (Fsp3) is 0.417. The second-order valence-corrected chi connectivity index (χ2v) is 11.1. The van der Waals surface area contributed by atoms with Crippen molar-refractivity contribution in [3.63, 3.8) is 0 Å². The smallest absolute Gasteiger partial charge is 0.264 e. The molecular formula is C24H29ClN2O4S. The Morgan fingerprint density at radius 2 is 1.62 bits per heavy atom. The zero-order valence-electron chi connectivity index (χ0n) is 19.2. The van der Waals surface area contributed by atoms with Gasteiger partial charge in [-0.05, 0) is 78.3 Å². The summed E-state index contributed by atoms with van der Waals surface area (Å²) in [6.07, 6.45) is -0.148. The fourth-order valence-electron chi connectivity index (χ4n) is 3.49. The van der Waals surface area contributed by atoms with Crippen molar-refractivity contribution in [3.05, 3.63) is 63.2 Å². The van der Waals surface area contributed by atoms with Crippen molar-refractivity contribution in [3.8, 4) is 6.07 Å². The summed E-state index contributed by atoms with van der Waals surface area (Å²) in [7, 11) is -4.21. The number of nitriles is 1. The molecule has 172 valence electrons. The van der Waals surface area contributed by atoms with E-state index in [4.69, 9.17) is 11.6 Å². The number of nitrogens with zero attached hydrogens (tertiary/aromatic N) is 1. The number of sulfonamides is 1. The van der Waals surface area contributed by atoms with Gasteiger partial charge >= 0.3 is 0 Å². The molecule has 0 aliphatic heterocycles. The molecule has 0 aromatic heterocycles. The number of hydrogen-bond donors (Lipinski definition) is 2. The predicted molar refractivity (Wildman–Crippen MR) is 125 cm³/mol. The second-order valence-electron chi connectivity index (χ2n) is 8.99.